The molecule has 1 aliphatic heterocycles. The zero-order valence-corrected chi connectivity index (χ0v) is 10.5. The third kappa shape index (κ3) is 3.45. The lowest BCUT2D eigenvalue weighted by Gasteiger charge is -2.18. The minimum Gasteiger partial charge on any atom is -0.481 e. The van der Waals surface area contributed by atoms with Gasteiger partial charge >= 0.3 is 5.97 Å². The topological polar surface area (TPSA) is 95.7 Å². The van der Waals surface area contributed by atoms with E-state index in [9.17, 15) is 9.59 Å². The number of carboxylic acid groups (broad SMARTS) is 1. The monoisotopic (exact) mass is 263 g/mol. The van der Waals surface area contributed by atoms with E-state index in [2.05, 4.69) is 5.43 Å². The van der Waals surface area contributed by atoms with E-state index in [0.29, 0.717) is 19.4 Å². The number of rotatable bonds is 5. The summed E-state index contributed by atoms with van der Waals surface area (Å²) in [7, 11) is 0. The van der Waals surface area contributed by atoms with Crippen LogP contribution in [-0.4, -0.2) is 23.5 Å². The van der Waals surface area contributed by atoms with Crippen molar-refractivity contribution in [3.8, 4) is 0 Å². The zero-order valence-electron chi connectivity index (χ0n) is 10.5. The molecular formula is C13H17N3O3. The van der Waals surface area contributed by atoms with E-state index < -0.39 is 5.97 Å². The molecule has 1 amide bonds. The van der Waals surface area contributed by atoms with Crippen molar-refractivity contribution in [3.63, 3.8) is 0 Å². The van der Waals surface area contributed by atoms with Gasteiger partial charge in [0.1, 0.15) is 0 Å². The van der Waals surface area contributed by atoms with Gasteiger partial charge in [0.05, 0.1) is 5.69 Å². The van der Waals surface area contributed by atoms with Gasteiger partial charge in [0, 0.05) is 25.4 Å². The third-order valence-corrected chi connectivity index (χ3v) is 3.12. The molecular weight excluding hydrogens is 246 g/mol. The molecule has 4 N–H and O–H groups in total. The van der Waals surface area contributed by atoms with Crippen molar-refractivity contribution in [3.05, 3.63) is 29.8 Å². The van der Waals surface area contributed by atoms with Crippen LogP contribution < -0.4 is 16.2 Å². The van der Waals surface area contributed by atoms with Gasteiger partial charge in [0.25, 0.3) is 0 Å². The van der Waals surface area contributed by atoms with Gasteiger partial charge in [-0.2, -0.15) is 0 Å². The highest BCUT2D eigenvalue weighted by molar-refractivity contribution is 5.81. The fourth-order valence-corrected chi connectivity index (χ4v) is 2.02. The molecule has 1 aliphatic rings. The van der Waals surface area contributed by atoms with E-state index in [1.807, 2.05) is 24.3 Å². The maximum atomic E-state index is 11.1. The minimum absolute atomic E-state index is 0.0160. The summed E-state index contributed by atoms with van der Waals surface area (Å²) >= 11 is 0. The first-order chi connectivity index (χ1) is 9.06. The Morgan fingerprint density at radius 2 is 2.11 bits per heavy atom. The lowest BCUT2D eigenvalue weighted by molar-refractivity contribution is -0.137. The molecule has 1 fully saturated rings. The number of nitrogens with two attached hydrogens (primary N) is 1. The third-order valence-electron chi connectivity index (χ3n) is 3.12. The molecule has 102 valence electrons. The molecule has 0 spiro atoms. The first kappa shape index (κ1) is 13.4. The van der Waals surface area contributed by atoms with E-state index in [1.165, 1.54) is 0 Å². The van der Waals surface area contributed by atoms with Crippen molar-refractivity contribution in [2.45, 2.75) is 25.3 Å². The Bertz CT molecular complexity index is 473. The number of anilines is 1. The number of carbonyl (C=O) groups excluding carboxylic acids is 1. The first-order valence-electron chi connectivity index (χ1n) is 6.20. The van der Waals surface area contributed by atoms with Crippen molar-refractivity contribution < 1.29 is 14.7 Å². The molecule has 19 heavy (non-hydrogen) atoms. The Balaban J connectivity index is 1.97. The van der Waals surface area contributed by atoms with Crippen molar-refractivity contribution in [2.75, 3.05) is 11.6 Å². The van der Waals surface area contributed by atoms with Crippen LogP contribution in [0.2, 0.25) is 0 Å². The van der Waals surface area contributed by atoms with Gasteiger partial charge < -0.3 is 10.8 Å². The number of amides is 1. The highest BCUT2D eigenvalue weighted by Crippen LogP contribution is 2.21. The summed E-state index contributed by atoms with van der Waals surface area (Å²) in [6.45, 7) is 0.656. The predicted octanol–water partition coefficient (Wildman–Crippen LogP) is 0.792. The Morgan fingerprint density at radius 3 is 2.63 bits per heavy atom. The van der Waals surface area contributed by atoms with E-state index in [4.69, 9.17) is 10.8 Å². The number of carbonyl (C=O) groups is 2. The molecule has 6 heteroatoms. The number of carboxylic acids is 1. The van der Waals surface area contributed by atoms with Gasteiger partial charge in [-0.1, -0.05) is 12.1 Å². The number of hydrogen-bond acceptors (Lipinski definition) is 4. The molecule has 1 heterocycles. The van der Waals surface area contributed by atoms with Gasteiger partial charge in [-0.25, -0.2) is 0 Å². The SMILES string of the molecule is NC(CCC(=O)O)c1ccc(N2CCC(=O)N2)cc1. The molecule has 0 bridgehead atoms. The van der Waals surface area contributed by atoms with Crippen LogP contribution in [0.5, 0.6) is 0 Å². The second-order valence-electron chi connectivity index (χ2n) is 4.57. The van der Waals surface area contributed by atoms with E-state index in [-0.39, 0.29) is 18.4 Å². The quantitative estimate of drug-likeness (QED) is 0.730. The van der Waals surface area contributed by atoms with Crippen LogP contribution in [-0.2, 0) is 9.59 Å². The number of aliphatic carboxylic acids is 1. The maximum Gasteiger partial charge on any atom is 0.303 e. The largest absolute Gasteiger partial charge is 0.481 e. The molecule has 1 aromatic rings. The van der Waals surface area contributed by atoms with Gasteiger partial charge in [-0.05, 0) is 24.1 Å². The number of hydrazine groups is 1. The highest BCUT2D eigenvalue weighted by Gasteiger charge is 2.18. The molecule has 6 nitrogen and oxygen atoms in total. The molecule has 0 radical (unpaired) electrons. The number of hydrogen-bond donors (Lipinski definition) is 3. The Hall–Kier alpha value is -2.08. The summed E-state index contributed by atoms with van der Waals surface area (Å²) in [4.78, 5) is 21.6. The molecule has 1 unspecified atom stereocenters. The van der Waals surface area contributed by atoms with Crippen LogP contribution in [0.25, 0.3) is 0 Å². The Labute approximate surface area is 111 Å². The van der Waals surface area contributed by atoms with E-state index in [0.717, 1.165) is 11.3 Å². The Morgan fingerprint density at radius 1 is 1.42 bits per heavy atom. The van der Waals surface area contributed by atoms with Crippen LogP contribution in [0.4, 0.5) is 5.69 Å². The normalized spacial score (nSPS) is 16.3. The number of nitrogens with zero attached hydrogens (tertiary/aromatic N) is 1. The molecule has 1 saturated heterocycles. The first-order valence-corrected chi connectivity index (χ1v) is 6.20. The second kappa shape index (κ2) is 5.71. The van der Waals surface area contributed by atoms with Crippen molar-refractivity contribution >= 4 is 17.6 Å². The molecule has 0 aromatic heterocycles. The summed E-state index contributed by atoms with van der Waals surface area (Å²) < 4.78 is 0. The minimum atomic E-state index is -0.841. The summed E-state index contributed by atoms with van der Waals surface area (Å²) in [6.07, 6.45) is 0.972. The van der Waals surface area contributed by atoms with Gasteiger partial charge in [-0.3, -0.25) is 20.0 Å². The van der Waals surface area contributed by atoms with Crippen molar-refractivity contribution in [1.82, 2.24) is 5.43 Å². The fourth-order valence-electron chi connectivity index (χ4n) is 2.02. The number of nitrogens with one attached hydrogen (secondary N) is 1. The second-order valence-corrected chi connectivity index (χ2v) is 4.57. The highest BCUT2D eigenvalue weighted by atomic mass is 16.4. The smallest absolute Gasteiger partial charge is 0.303 e. The predicted molar refractivity (Wildman–Crippen MR) is 70.3 cm³/mol. The standard InChI is InChI=1S/C13H17N3O3/c14-11(5-6-13(18)19)9-1-3-10(4-2-9)16-8-7-12(17)15-16/h1-4,11H,5-8,14H2,(H,15,17)(H,18,19). The average Bonchev–Trinajstić information content (AvgIpc) is 2.83. The van der Waals surface area contributed by atoms with Crippen molar-refractivity contribution in [1.29, 1.82) is 0 Å². The van der Waals surface area contributed by atoms with E-state index in [1.54, 1.807) is 5.01 Å². The maximum absolute atomic E-state index is 11.1. The lowest BCUT2D eigenvalue weighted by Crippen LogP contribution is -2.32. The van der Waals surface area contributed by atoms with Gasteiger partial charge in [-0.15, -0.1) is 0 Å². The van der Waals surface area contributed by atoms with E-state index >= 15 is 0 Å². The van der Waals surface area contributed by atoms with Crippen LogP contribution in [0, 0.1) is 0 Å². The van der Waals surface area contributed by atoms with Gasteiger partial charge in [0.2, 0.25) is 5.91 Å². The van der Waals surface area contributed by atoms with Gasteiger partial charge in [0.15, 0.2) is 0 Å². The average molecular weight is 263 g/mol. The van der Waals surface area contributed by atoms with Crippen LogP contribution >= 0.6 is 0 Å². The summed E-state index contributed by atoms with van der Waals surface area (Å²) in [6, 6.07) is 7.21. The van der Waals surface area contributed by atoms with Crippen molar-refractivity contribution in [2.24, 2.45) is 5.73 Å². The molecule has 2 rings (SSSR count). The van der Waals surface area contributed by atoms with Crippen LogP contribution in [0.15, 0.2) is 24.3 Å². The Kier molecular flexibility index (Phi) is 4.01. The molecule has 1 atom stereocenters. The molecule has 1 aromatic carbocycles. The lowest BCUT2D eigenvalue weighted by atomic mass is 10.0. The fraction of sp³-hybridized carbons (Fsp3) is 0.385. The zero-order chi connectivity index (χ0) is 13.8. The summed E-state index contributed by atoms with van der Waals surface area (Å²) in [5.41, 5.74) is 10.5. The molecule has 0 aliphatic carbocycles. The summed E-state index contributed by atoms with van der Waals surface area (Å²) in [5.74, 6) is -0.825. The summed E-state index contributed by atoms with van der Waals surface area (Å²) in [5, 5.41) is 10.4. The molecule has 0 saturated carbocycles. The van der Waals surface area contributed by atoms with Crippen LogP contribution in [0.3, 0.4) is 0 Å². The van der Waals surface area contributed by atoms with Crippen LogP contribution in [0.1, 0.15) is 30.9 Å². The number of benzene rings is 1.